The number of ether oxygens (including phenoxy) is 1. The number of aliphatic carboxylic acids is 1. The zero-order chi connectivity index (χ0) is 17.0. The molecule has 120 valence electrons. The van der Waals surface area contributed by atoms with Gasteiger partial charge in [0, 0.05) is 10.6 Å². The van der Waals surface area contributed by atoms with E-state index in [0.717, 1.165) is 0 Å². The highest BCUT2D eigenvalue weighted by atomic mass is 35.5. The zero-order valence-electron chi connectivity index (χ0n) is 12.3. The van der Waals surface area contributed by atoms with Crippen molar-refractivity contribution in [3.8, 4) is 5.75 Å². The second-order valence-electron chi connectivity index (χ2n) is 5.02. The van der Waals surface area contributed by atoms with Crippen LogP contribution in [0, 0.1) is 0 Å². The molecule has 1 atom stereocenters. The highest BCUT2D eigenvalue weighted by Crippen LogP contribution is 2.22. The molecule has 0 spiro atoms. The Morgan fingerprint density at radius 1 is 1.13 bits per heavy atom. The molecule has 23 heavy (non-hydrogen) atoms. The number of halogens is 1. The summed E-state index contributed by atoms with van der Waals surface area (Å²) < 4.78 is 5.56. The summed E-state index contributed by atoms with van der Waals surface area (Å²) in [6.07, 6.45) is 0. The van der Waals surface area contributed by atoms with Crippen LogP contribution in [0.25, 0.3) is 0 Å². The van der Waals surface area contributed by atoms with Crippen molar-refractivity contribution in [2.45, 2.75) is 19.4 Å². The molecular formula is C17H15ClO5. The molecule has 6 heteroatoms. The molecule has 5 nitrogen and oxygen atoms in total. The molecule has 0 radical (unpaired) electrons. The number of aromatic carboxylic acids is 1. The van der Waals surface area contributed by atoms with Gasteiger partial charge in [-0.3, -0.25) is 4.79 Å². The van der Waals surface area contributed by atoms with Crippen LogP contribution in [0.5, 0.6) is 5.75 Å². The van der Waals surface area contributed by atoms with E-state index in [1.165, 1.54) is 12.1 Å². The van der Waals surface area contributed by atoms with Crippen molar-refractivity contribution in [2.24, 2.45) is 0 Å². The van der Waals surface area contributed by atoms with E-state index in [9.17, 15) is 9.59 Å². The van der Waals surface area contributed by atoms with Gasteiger partial charge in [0.25, 0.3) is 0 Å². The van der Waals surface area contributed by atoms with Crippen LogP contribution in [-0.2, 0) is 11.4 Å². The minimum Gasteiger partial charge on any atom is -0.489 e. The third-order valence-electron chi connectivity index (χ3n) is 3.44. The number of carboxylic acid groups (broad SMARTS) is 2. The summed E-state index contributed by atoms with van der Waals surface area (Å²) in [6, 6.07) is 11.1. The van der Waals surface area contributed by atoms with Crippen LogP contribution < -0.4 is 4.74 Å². The fourth-order valence-corrected chi connectivity index (χ4v) is 2.24. The highest BCUT2D eigenvalue weighted by Gasteiger charge is 2.14. The largest absolute Gasteiger partial charge is 0.489 e. The maximum atomic E-state index is 11.2. The first-order chi connectivity index (χ1) is 10.9. The lowest BCUT2D eigenvalue weighted by Gasteiger charge is -2.11. The van der Waals surface area contributed by atoms with Gasteiger partial charge in [0.15, 0.2) is 0 Å². The van der Waals surface area contributed by atoms with Crippen molar-refractivity contribution in [1.82, 2.24) is 0 Å². The number of hydrogen-bond donors (Lipinski definition) is 2. The molecule has 2 aromatic carbocycles. The van der Waals surface area contributed by atoms with Crippen molar-refractivity contribution in [2.75, 3.05) is 0 Å². The van der Waals surface area contributed by atoms with Gasteiger partial charge in [-0.25, -0.2) is 4.79 Å². The Bertz CT molecular complexity index is 724. The first kappa shape index (κ1) is 16.8. The van der Waals surface area contributed by atoms with E-state index in [1.807, 2.05) is 0 Å². The molecule has 0 aliphatic carbocycles. The van der Waals surface area contributed by atoms with Crippen molar-refractivity contribution >= 4 is 23.5 Å². The summed E-state index contributed by atoms with van der Waals surface area (Å²) >= 11 is 5.88. The van der Waals surface area contributed by atoms with Gasteiger partial charge in [-0.05, 0) is 42.8 Å². The van der Waals surface area contributed by atoms with E-state index in [0.29, 0.717) is 21.9 Å². The summed E-state index contributed by atoms with van der Waals surface area (Å²) in [5.41, 5.74) is 1.26. The molecule has 0 aromatic heterocycles. The zero-order valence-corrected chi connectivity index (χ0v) is 13.1. The topological polar surface area (TPSA) is 83.8 Å². The molecule has 0 amide bonds. The molecule has 0 aliphatic rings. The van der Waals surface area contributed by atoms with Crippen LogP contribution >= 0.6 is 11.6 Å². The SMILES string of the molecule is C[C@H](C(=O)O)c1ccc(OCc2cc(Cl)ccc2C(=O)O)cc1. The van der Waals surface area contributed by atoms with E-state index >= 15 is 0 Å². The van der Waals surface area contributed by atoms with Gasteiger partial charge >= 0.3 is 11.9 Å². The Labute approximate surface area is 138 Å². The molecule has 2 rings (SSSR count). The number of benzene rings is 2. The summed E-state index contributed by atoms with van der Waals surface area (Å²) in [5, 5.41) is 18.5. The number of carboxylic acids is 2. The quantitative estimate of drug-likeness (QED) is 0.839. The van der Waals surface area contributed by atoms with Crippen molar-refractivity contribution in [3.05, 3.63) is 64.2 Å². The predicted octanol–water partition coefficient (Wildman–Crippen LogP) is 3.81. The fourth-order valence-electron chi connectivity index (χ4n) is 2.05. The Morgan fingerprint density at radius 2 is 1.78 bits per heavy atom. The first-order valence-corrected chi connectivity index (χ1v) is 7.23. The predicted molar refractivity (Wildman–Crippen MR) is 85.2 cm³/mol. The van der Waals surface area contributed by atoms with Crippen LogP contribution in [-0.4, -0.2) is 22.2 Å². The summed E-state index contributed by atoms with van der Waals surface area (Å²) in [5.74, 6) is -2.03. The summed E-state index contributed by atoms with van der Waals surface area (Å²) in [6.45, 7) is 1.65. The van der Waals surface area contributed by atoms with Crippen molar-refractivity contribution in [3.63, 3.8) is 0 Å². The Kier molecular flexibility index (Phi) is 5.24. The van der Waals surface area contributed by atoms with E-state index in [-0.39, 0.29) is 12.2 Å². The van der Waals surface area contributed by atoms with E-state index in [1.54, 1.807) is 37.3 Å². The molecule has 0 bridgehead atoms. The second-order valence-corrected chi connectivity index (χ2v) is 5.46. The molecule has 0 aliphatic heterocycles. The van der Waals surface area contributed by atoms with Crippen LogP contribution in [0.15, 0.2) is 42.5 Å². The van der Waals surface area contributed by atoms with Gasteiger partial charge in [-0.2, -0.15) is 0 Å². The number of hydrogen-bond acceptors (Lipinski definition) is 3. The lowest BCUT2D eigenvalue weighted by atomic mass is 10.0. The first-order valence-electron chi connectivity index (χ1n) is 6.85. The average molecular weight is 335 g/mol. The molecule has 0 saturated carbocycles. The third kappa shape index (κ3) is 4.23. The van der Waals surface area contributed by atoms with Crippen molar-refractivity contribution < 1.29 is 24.5 Å². The van der Waals surface area contributed by atoms with E-state index < -0.39 is 17.9 Å². The third-order valence-corrected chi connectivity index (χ3v) is 3.68. The maximum absolute atomic E-state index is 11.2. The monoisotopic (exact) mass is 334 g/mol. The maximum Gasteiger partial charge on any atom is 0.336 e. The van der Waals surface area contributed by atoms with Crippen LogP contribution in [0.4, 0.5) is 0 Å². The molecule has 2 aromatic rings. The Balaban J connectivity index is 2.11. The fraction of sp³-hybridized carbons (Fsp3) is 0.176. The number of rotatable bonds is 6. The van der Waals surface area contributed by atoms with Gasteiger partial charge < -0.3 is 14.9 Å². The standard InChI is InChI=1S/C17H15ClO5/c1-10(16(19)20)11-2-5-14(6-3-11)23-9-12-8-13(18)4-7-15(12)17(21)22/h2-8,10H,9H2,1H3,(H,19,20)(H,21,22)/t10-/m0/s1. The highest BCUT2D eigenvalue weighted by molar-refractivity contribution is 6.30. The van der Waals surface area contributed by atoms with Gasteiger partial charge in [-0.1, -0.05) is 23.7 Å². The number of carbonyl (C=O) groups is 2. The van der Waals surface area contributed by atoms with E-state index in [2.05, 4.69) is 0 Å². The lowest BCUT2D eigenvalue weighted by Crippen LogP contribution is -2.07. The Morgan fingerprint density at radius 3 is 2.35 bits per heavy atom. The lowest BCUT2D eigenvalue weighted by molar-refractivity contribution is -0.138. The molecule has 0 heterocycles. The van der Waals surface area contributed by atoms with Crippen LogP contribution in [0.1, 0.15) is 34.3 Å². The normalized spacial score (nSPS) is 11.7. The molecule has 2 N–H and O–H groups in total. The smallest absolute Gasteiger partial charge is 0.336 e. The van der Waals surface area contributed by atoms with Gasteiger partial charge in [-0.15, -0.1) is 0 Å². The van der Waals surface area contributed by atoms with E-state index in [4.69, 9.17) is 26.6 Å². The van der Waals surface area contributed by atoms with Gasteiger partial charge in [0.2, 0.25) is 0 Å². The van der Waals surface area contributed by atoms with Crippen molar-refractivity contribution in [1.29, 1.82) is 0 Å². The van der Waals surface area contributed by atoms with Crippen LogP contribution in [0.2, 0.25) is 5.02 Å². The Hall–Kier alpha value is -2.53. The van der Waals surface area contributed by atoms with Gasteiger partial charge in [0.1, 0.15) is 12.4 Å². The summed E-state index contributed by atoms with van der Waals surface area (Å²) in [7, 11) is 0. The average Bonchev–Trinajstić information content (AvgIpc) is 2.52. The molecule has 0 unspecified atom stereocenters. The molecular weight excluding hydrogens is 320 g/mol. The molecule has 0 fully saturated rings. The molecule has 0 saturated heterocycles. The second kappa shape index (κ2) is 7.15. The van der Waals surface area contributed by atoms with Gasteiger partial charge in [0.05, 0.1) is 11.5 Å². The minimum atomic E-state index is -1.05. The minimum absolute atomic E-state index is 0.0516. The summed E-state index contributed by atoms with van der Waals surface area (Å²) in [4.78, 5) is 22.1. The van der Waals surface area contributed by atoms with Crippen LogP contribution in [0.3, 0.4) is 0 Å².